The van der Waals surface area contributed by atoms with Gasteiger partial charge in [-0.1, -0.05) is 13.0 Å². The van der Waals surface area contributed by atoms with Crippen LogP contribution in [-0.4, -0.2) is 36.6 Å². The first kappa shape index (κ1) is 16.5. The van der Waals surface area contributed by atoms with Gasteiger partial charge in [0.15, 0.2) is 11.5 Å². The van der Waals surface area contributed by atoms with Crippen LogP contribution in [0.5, 0.6) is 11.5 Å². The minimum absolute atomic E-state index is 0.0378. The van der Waals surface area contributed by atoms with Crippen molar-refractivity contribution in [1.29, 1.82) is 0 Å². The van der Waals surface area contributed by atoms with Crippen molar-refractivity contribution in [3.63, 3.8) is 0 Å². The van der Waals surface area contributed by atoms with Crippen LogP contribution in [0.4, 0.5) is 10.6 Å². The van der Waals surface area contributed by atoms with E-state index in [4.69, 9.17) is 15.2 Å². The minimum atomic E-state index is -0.479. The van der Waals surface area contributed by atoms with E-state index in [1.54, 1.807) is 18.2 Å². The van der Waals surface area contributed by atoms with Gasteiger partial charge < -0.3 is 20.5 Å². The molecule has 0 aliphatic rings. The number of nitrogen functional groups attached to an aromatic ring is 1. The van der Waals surface area contributed by atoms with Crippen LogP contribution in [-0.2, 0) is 0 Å². The molecular formula is C15H20N4O4. The maximum absolute atomic E-state index is 12.2. The number of anilines is 1. The van der Waals surface area contributed by atoms with E-state index in [0.717, 1.165) is 11.1 Å². The van der Waals surface area contributed by atoms with Crippen molar-refractivity contribution in [3.05, 3.63) is 28.6 Å². The number of aromatic nitrogens is 2. The van der Waals surface area contributed by atoms with Gasteiger partial charge in [-0.25, -0.2) is 4.79 Å². The first-order valence-electron chi connectivity index (χ1n) is 7.14. The maximum Gasteiger partial charge on any atom is 0.342 e. The lowest BCUT2D eigenvalue weighted by Gasteiger charge is -2.09. The zero-order valence-corrected chi connectivity index (χ0v) is 13.3. The van der Waals surface area contributed by atoms with Crippen LogP contribution in [0.25, 0.3) is 11.1 Å². The van der Waals surface area contributed by atoms with Crippen molar-refractivity contribution < 1.29 is 14.3 Å². The van der Waals surface area contributed by atoms with E-state index >= 15 is 0 Å². The van der Waals surface area contributed by atoms with Crippen molar-refractivity contribution in [2.45, 2.75) is 13.3 Å². The van der Waals surface area contributed by atoms with Gasteiger partial charge in [-0.05, 0) is 24.1 Å². The Hall–Kier alpha value is -2.90. The number of nitrogens with two attached hydrogens (primary N) is 1. The summed E-state index contributed by atoms with van der Waals surface area (Å²) in [5, 5.41) is 5.09. The molecule has 4 N–H and O–H groups in total. The number of nitrogens with zero attached hydrogens (tertiary/aromatic N) is 1. The largest absolute Gasteiger partial charge is 0.493 e. The quantitative estimate of drug-likeness (QED) is 0.771. The first-order valence-corrected chi connectivity index (χ1v) is 7.14. The van der Waals surface area contributed by atoms with Crippen molar-refractivity contribution in [3.8, 4) is 22.6 Å². The van der Waals surface area contributed by atoms with E-state index in [9.17, 15) is 9.59 Å². The molecule has 0 spiro atoms. The summed E-state index contributed by atoms with van der Waals surface area (Å²) in [6.45, 7) is 2.42. The Morgan fingerprint density at radius 3 is 2.61 bits per heavy atom. The van der Waals surface area contributed by atoms with Gasteiger partial charge in [0, 0.05) is 6.54 Å². The normalized spacial score (nSPS) is 10.4. The topological polar surface area (TPSA) is 111 Å². The third kappa shape index (κ3) is 3.15. The molecule has 2 aromatic rings. The fourth-order valence-electron chi connectivity index (χ4n) is 2.19. The molecular weight excluding hydrogens is 300 g/mol. The summed E-state index contributed by atoms with van der Waals surface area (Å²) in [4.78, 5) is 24.2. The lowest BCUT2D eigenvalue weighted by molar-refractivity contribution is 0.240. The van der Waals surface area contributed by atoms with Crippen molar-refractivity contribution >= 4 is 11.8 Å². The number of hydrogen-bond acceptors (Lipinski definition) is 5. The number of aromatic amines is 1. The number of rotatable bonds is 5. The summed E-state index contributed by atoms with van der Waals surface area (Å²) in [6.07, 6.45) is 0.777. The molecule has 0 atom stereocenters. The molecule has 23 heavy (non-hydrogen) atoms. The predicted octanol–water partition coefficient (Wildman–Crippen LogP) is 1.41. The average molecular weight is 320 g/mol. The number of nitrogens with one attached hydrogen (secondary N) is 2. The summed E-state index contributed by atoms with van der Waals surface area (Å²) >= 11 is 0. The summed E-state index contributed by atoms with van der Waals surface area (Å²) < 4.78 is 11.4. The molecule has 1 heterocycles. The molecule has 1 aromatic carbocycles. The second-order valence-electron chi connectivity index (χ2n) is 4.84. The maximum atomic E-state index is 12.2. The highest BCUT2D eigenvalue weighted by atomic mass is 16.5. The predicted molar refractivity (Wildman–Crippen MR) is 87.1 cm³/mol. The molecule has 124 valence electrons. The number of ether oxygens (including phenoxy) is 2. The fraction of sp³-hybridized carbons (Fsp3) is 0.333. The van der Waals surface area contributed by atoms with Crippen LogP contribution in [0.3, 0.4) is 0 Å². The van der Waals surface area contributed by atoms with E-state index in [2.05, 4.69) is 10.4 Å². The Bertz CT molecular complexity index is 763. The van der Waals surface area contributed by atoms with Crippen LogP contribution in [0.15, 0.2) is 23.0 Å². The lowest BCUT2D eigenvalue weighted by atomic mass is 10.1. The second kappa shape index (κ2) is 6.91. The molecule has 0 saturated carbocycles. The minimum Gasteiger partial charge on any atom is -0.493 e. The van der Waals surface area contributed by atoms with Gasteiger partial charge in [0.2, 0.25) is 0 Å². The van der Waals surface area contributed by atoms with Crippen molar-refractivity contribution in [1.82, 2.24) is 15.1 Å². The molecule has 0 radical (unpaired) electrons. The van der Waals surface area contributed by atoms with Gasteiger partial charge in [0.25, 0.3) is 5.56 Å². The molecule has 0 aliphatic carbocycles. The second-order valence-corrected chi connectivity index (χ2v) is 4.84. The van der Waals surface area contributed by atoms with E-state index in [-0.39, 0.29) is 11.4 Å². The van der Waals surface area contributed by atoms with Crippen LogP contribution in [0, 0.1) is 0 Å². The molecule has 0 unspecified atom stereocenters. The Kier molecular flexibility index (Phi) is 4.95. The van der Waals surface area contributed by atoms with Gasteiger partial charge >= 0.3 is 6.03 Å². The highest BCUT2D eigenvalue weighted by Crippen LogP contribution is 2.32. The van der Waals surface area contributed by atoms with Gasteiger partial charge in [0.1, 0.15) is 5.82 Å². The van der Waals surface area contributed by atoms with Crippen LogP contribution in [0.1, 0.15) is 13.3 Å². The zero-order chi connectivity index (χ0) is 17.0. The van der Waals surface area contributed by atoms with Gasteiger partial charge in [-0.2, -0.15) is 4.68 Å². The molecule has 2 rings (SSSR count). The van der Waals surface area contributed by atoms with E-state index in [1.165, 1.54) is 14.2 Å². The van der Waals surface area contributed by atoms with Crippen LogP contribution < -0.4 is 26.1 Å². The van der Waals surface area contributed by atoms with Gasteiger partial charge in [-0.15, -0.1) is 0 Å². The summed E-state index contributed by atoms with van der Waals surface area (Å²) in [5.74, 6) is 1.04. The summed E-state index contributed by atoms with van der Waals surface area (Å²) in [7, 11) is 3.02. The van der Waals surface area contributed by atoms with Gasteiger partial charge in [0.05, 0.1) is 19.8 Å². The van der Waals surface area contributed by atoms with Crippen LogP contribution >= 0.6 is 0 Å². The lowest BCUT2D eigenvalue weighted by Crippen LogP contribution is -2.31. The number of methoxy groups -OCH3 is 2. The molecule has 0 fully saturated rings. The average Bonchev–Trinajstić information content (AvgIpc) is 2.86. The van der Waals surface area contributed by atoms with E-state index in [1.807, 2.05) is 6.92 Å². The number of hydrogen-bond donors (Lipinski definition) is 3. The van der Waals surface area contributed by atoms with E-state index in [0.29, 0.717) is 23.6 Å². The Labute approximate surface area is 133 Å². The number of benzene rings is 1. The monoisotopic (exact) mass is 320 g/mol. The Morgan fingerprint density at radius 1 is 1.30 bits per heavy atom. The number of H-pyrrole nitrogens is 1. The SMILES string of the molecule is CCCNC(=O)n1[nH]c(=O)c(-c2ccc(OC)c(OC)c2)c1N. The number of carbonyl (C=O) groups excluding carboxylic acids is 1. The molecule has 8 heteroatoms. The number of amides is 1. The van der Waals surface area contributed by atoms with Crippen LogP contribution in [0.2, 0.25) is 0 Å². The molecule has 0 saturated heterocycles. The highest BCUT2D eigenvalue weighted by Gasteiger charge is 2.19. The standard InChI is InChI=1S/C15H20N4O4/c1-4-7-17-15(21)19-13(16)12(14(20)18-19)9-5-6-10(22-2)11(8-9)23-3/h5-6,8H,4,7,16H2,1-3H3,(H,17,21)(H,18,20). The van der Waals surface area contributed by atoms with Crippen molar-refractivity contribution in [2.75, 3.05) is 26.5 Å². The summed E-state index contributed by atoms with van der Waals surface area (Å²) in [5.41, 5.74) is 6.25. The van der Waals surface area contributed by atoms with Crippen molar-refractivity contribution in [2.24, 2.45) is 0 Å². The number of carbonyl (C=O) groups is 1. The summed E-state index contributed by atoms with van der Waals surface area (Å²) in [6, 6.07) is 4.50. The molecule has 1 aromatic heterocycles. The Balaban J connectivity index is 2.47. The third-order valence-corrected chi connectivity index (χ3v) is 3.34. The fourth-order valence-corrected chi connectivity index (χ4v) is 2.19. The first-order chi connectivity index (χ1) is 11.0. The Morgan fingerprint density at radius 2 is 2.00 bits per heavy atom. The smallest absolute Gasteiger partial charge is 0.342 e. The highest BCUT2D eigenvalue weighted by molar-refractivity contribution is 5.85. The third-order valence-electron chi connectivity index (χ3n) is 3.34. The zero-order valence-electron chi connectivity index (χ0n) is 13.3. The molecule has 0 aliphatic heterocycles. The molecule has 8 nitrogen and oxygen atoms in total. The molecule has 1 amide bonds. The van der Waals surface area contributed by atoms with Gasteiger partial charge in [-0.3, -0.25) is 9.89 Å². The molecule has 0 bridgehead atoms. The van der Waals surface area contributed by atoms with E-state index < -0.39 is 11.6 Å².